The Morgan fingerprint density at radius 2 is 2.06 bits per heavy atom. The smallest absolute Gasteiger partial charge is 0.305 e. The lowest BCUT2D eigenvalue weighted by Crippen LogP contribution is -2.41. The van der Waals surface area contributed by atoms with E-state index >= 15 is 0 Å². The molecule has 0 bridgehead atoms. The molecule has 0 aliphatic carbocycles. The Labute approximate surface area is 101 Å². The van der Waals surface area contributed by atoms with Crippen molar-refractivity contribution in [3.8, 4) is 0 Å². The van der Waals surface area contributed by atoms with Gasteiger partial charge in [-0.2, -0.15) is 0 Å². The average Bonchev–Trinajstić information content (AvgIpc) is 2.24. The van der Waals surface area contributed by atoms with E-state index in [2.05, 4.69) is 24.1 Å². The molecule has 92 valence electrons. The minimum atomic E-state index is -0.859. The number of carboxylic acids is 1. The van der Waals surface area contributed by atoms with Crippen LogP contribution in [0.4, 0.5) is 0 Å². The molecule has 1 aliphatic rings. The highest BCUT2D eigenvalue weighted by atomic mass is 16.4. The fourth-order valence-corrected chi connectivity index (χ4v) is 2.23. The largest absolute Gasteiger partial charge is 0.481 e. The monoisotopic (exact) mass is 234 g/mol. The molecule has 1 saturated heterocycles. The lowest BCUT2D eigenvalue weighted by atomic mass is 9.90. The van der Waals surface area contributed by atoms with E-state index in [1.807, 2.05) is 12.1 Å². The van der Waals surface area contributed by atoms with Crippen molar-refractivity contribution in [2.45, 2.75) is 18.4 Å². The van der Waals surface area contributed by atoms with E-state index in [-0.39, 0.29) is 6.42 Å². The molecule has 1 aromatic carbocycles. The van der Waals surface area contributed by atoms with Crippen LogP contribution in [-0.4, -0.2) is 36.1 Å². The highest BCUT2D eigenvalue weighted by Crippen LogP contribution is 2.26. The molecule has 17 heavy (non-hydrogen) atoms. The maximum atomic E-state index is 10.6. The zero-order chi connectivity index (χ0) is 12.4. The van der Waals surface area contributed by atoms with E-state index in [1.54, 1.807) is 0 Å². The van der Waals surface area contributed by atoms with Gasteiger partial charge in [-0.3, -0.25) is 4.79 Å². The van der Waals surface area contributed by atoms with Crippen LogP contribution in [0, 0.1) is 0 Å². The van der Waals surface area contributed by atoms with Gasteiger partial charge in [0.25, 0.3) is 0 Å². The first-order chi connectivity index (χ1) is 8.06. The van der Waals surface area contributed by atoms with Crippen molar-refractivity contribution < 1.29 is 9.90 Å². The van der Waals surface area contributed by atoms with Crippen molar-refractivity contribution in [2.24, 2.45) is 5.73 Å². The molecule has 4 nitrogen and oxygen atoms in total. The van der Waals surface area contributed by atoms with E-state index in [9.17, 15) is 4.79 Å². The molecule has 1 aliphatic heterocycles. The van der Waals surface area contributed by atoms with Crippen LogP contribution in [0.15, 0.2) is 24.3 Å². The van der Waals surface area contributed by atoms with Crippen molar-refractivity contribution in [3.63, 3.8) is 0 Å². The van der Waals surface area contributed by atoms with Crippen LogP contribution < -0.4 is 5.73 Å². The van der Waals surface area contributed by atoms with Crippen molar-refractivity contribution in [1.29, 1.82) is 0 Å². The molecule has 1 atom stereocenters. The number of nitrogens with two attached hydrogens (primary N) is 1. The number of hydrogen-bond donors (Lipinski definition) is 2. The molecule has 1 heterocycles. The summed E-state index contributed by atoms with van der Waals surface area (Å²) in [6.07, 6.45) is -0.0223. The third kappa shape index (κ3) is 2.84. The maximum absolute atomic E-state index is 10.6. The third-order valence-electron chi connectivity index (χ3n) is 3.29. The highest BCUT2D eigenvalue weighted by molar-refractivity contribution is 5.67. The Bertz CT molecular complexity index is 396. The molecule has 0 saturated carbocycles. The molecule has 0 amide bonds. The second-order valence-corrected chi connectivity index (χ2v) is 4.79. The van der Waals surface area contributed by atoms with Crippen molar-refractivity contribution in [2.75, 3.05) is 20.1 Å². The standard InChI is InChI=1S/C13H18N2O2/c1-15-7-11(8-15)9-2-4-10(5-3-9)12(14)6-13(16)17/h2-5,11-12H,6-8,14H2,1H3,(H,16,17). The van der Waals surface area contributed by atoms with Crippen LogP contribution in [-0.2, 0) is 4.79 Å². The Hall–Kier alpha value is -1.39. The Morgan fingerprint density at radius 3 is 2.53 bits per heavy atom. The van der Waals surface area contributed by atoms with Crippen LogP contribution in [0.3, 0.4) is 0 Å². The molecular formula is C13H18N2O2. The number of aliphatic carboxylic acids is 1. The van der Waals surface area contributed by atoms with Gasteiger partial charge in [0.15, 0.2) is 0 Å². The summed E-state index contributed by atoms with van der Waals surface area (Å²) in [4.78, 5) is 12.8. The molecule has 0 aromatic heterocycles. The SMILES string of the molecule is CN1CC(c2ccc(C(N)CC(=O)O)cc2)C1. The Balaban J connectivity index is 2.00. The highest BCUT2D eigenvalue weighted by Gasteiger charge is 2.24. The summed E-state index contributed by atoms with van der Waals surface area (Å²) >= 11 is 0. The number of rotatable bonds is 4. The molecular weight excluding hydrogens is 216 g/mol. The van der Waals surface area contributed by atoms with Gasteiger partial charge in [0, 0.05) is 25.0 Å². The topological polar surface area (TPSA) is 66.6 Å². The second kappa shape index (κ2) is 4.85. The quantitative estimate of drug-likeness (QED) is 0.821. The molecule has 1 fully saturated rings. The predicted octanol–water partition coefficient (Wildman–Crippen LogP) is 1.19. The summed E-state index contributed by atoms with van der Waals surface area (Å²) in [6, 6.07) is 7.61. The van der Waals surface area contributed by atoms with Gasteiger partial charge in [-0.1, -0.05) is 24.3 Å². The lowest BCUT2D eigenvalue weighted by Gasteiger charge is -2.36. The number of carboxylic acid groups (broad SMARTS) is 1. The summed E-state index contributed by atoms with van der Waals surface area (Å²) in [7, 11) is 2.10. The zero-order valence-corrected chi connectivity index (χ0v) is 9.97. The molecule has 1 unspecified atom stereocenters. The number of nitrogens with zero attached hydrogens (tertiary/aromatic N) is 1. The fourth-order valence-electron chi connectivity index (χ4n) is 2.23. The van der Waals surface area contributed by atoms with Crippen LogP contribution >= 0.6 is 0 Å². The van der Waals surface area contributed by atoms with Gasteiger partial charge >= 0.3 is 5.97 Å². The molecule has 4 heteroatoms. The fraction of sp³-hybridized carbons (Fsp3) is 0.462. The normalized spacial score (nSPS) is 18.7. The Kier molecular flexibility index (Phi) is 3.45. The average molecular weight is 234 g/mol. The van der Waals surface area contributed by atoms with E-state index in [4.69, 9.17) is 10.8 Å². The number of benzene rings is 1. The lowest BCUT2D eigenvalue weighted by molar-refractivity contribution is -0.137. The Morgan fingerprint density at radius 1 is 1.47 bits per heavy atom. The van der Waals surface area contributed by atoms with Crippen LogP contribution in [0.5, 0.6) is 0 Å². The first-order valence-electron chi connectivity index (χ1n) is 5.82. The number of carbonyl (C=O) groups is 1. The molecule has 3 N–H and O–H groups in total. The number of likely N-dealkylation sites (N-methyl/N-ethyl adjacent to an activating group) is 1. The molecule has 0 radical (unpaired) electrons. The molecule has 0 spiro atoms. The predicted molar refractivity (Wildman–Crippen MR) is 65.9 cm³/mol. The van der Waals surface area contributed by atoms with Crippen molar-refractivity contribution in [3.05, 3.63) is 35.4 Å². The van der Waals surface area contributed by atoms with Crippen molar-refractivity contribution in [1.82, 2.24) is 4.90 Å². The van der Waals surface area contributed by atoms with E-state index in [0.717, 1.165) is 18.7 Å². The van der Waals surface area contributed by atoms with Crippen LogP contribution in [0.1, 0.15) is 29.5 Å². The van der Waals surface area contributed by atoms with E-state index < -0.39 is 12.0 Å². The summed E-state index contributed by atoms with van der Waals surface area (Å²) < 4.78 is 0. The molecule has 2 rings (SSSR count). The van der Waals surface area contributed by atoms with Gasteiger partial charge in [-0.05, 0) is 18.2 Å². The van der Waals surface area contributed by atoms with Gasteiger partial charge in [0.1, 0.15) is 0 Å². The van der Waals surface area contributed by atoms with E-state index in [1.165, 1.54) is 5.56 Å². The van der Waals surface area contributed by atoms with Crippen LogP contribution in [0.2, 0.25) is 0 Å². The van der Waals surface area contributed by atoms with Gasteiger partial charge in [0.2, 0.25) is 0 Å². The number of hydrogen-bond acceptors (Lipinski definition) is 3. The minimum Gasteiger partial charge on any atom is -0.481 e. The van der Waals surface area contributed by atoms with Crippen molar-refractivity contribution >= 4 is 5.97 Å². The van der Waals surface area contributed by atoms with Gasteiger partial charge < -0.3 is 15.7 Å². The summed E-state index contributed by atoms with van der Waals surface area (Å²) in [6.45, 7) is 2.20. The zero-order valence-electron chi connectivity index (χ0n) is 9.97. The number of likely N-dealkylation sites (tertiary alicyclic amines) is 1. The van der Waals surface area contributed by atoms with E-state index in [0.29, 0.717) is 5.92 Å². The summed E-state index contributed by atoms with van der Waals surface area (Å²) in [5.41, 5.74) is 8.01. The summed E-state index contributed by atoms with van der Waals surface area (Å²) in [5, 5.41) is 8.68. The van der Waals surface area contributed by atoms with Gasteiger partial charge in [-0.15, -0.1) is 0 Å². The molecule has 1 aromatic rings. The van der Waals surface area contributed by atoms with Crippen LogP contribution in [0.25, 0.3) is 0 Å². The van der Waals surface area contributed by atoms with Gasteiger partial charge in [0.05, 0.1) is 6.42 Å². The third-order valence-corrected chi connectivity index (χ3v) is 3.29. The summed E-state index contributed by atoms with van der Waals surface area (Å²) in [5.74, 6) is -0.244. The first-order valence-corrected chi connectivity index (χ1v) is 5.82. The second-order valence-electron chi connectivity index (χ2n) is 4.79. The van der Waals surface area contributed by atoms with Gasteiger partial charge in [-0.25, -0.2) is 0 Å². The first kappa shape index (κ1) is 12.1. The maximum Gasteiger partial charge on any atom is 0.305 e. The minimum absolute atomic E-state index is 0.0223.